The van der Waals surface area contributed by atoms with E-state index in [1.165, 1.54) is 25.7 Å². The van der Waals surface area contributed by atoms with Crippen molar-refractivity contribution >= 4 is 0 Å². The molecule has 3 N–H and O–H groups in total. The van der Waals surface area contributed by atoms with E-state index in [2.05, 4.69) is 25.7 Å². The van der Waals surface area contributed by atoms with Crippen LogP contribution in [0.2, 0.25) is 0 Å². The standard InChI is InChI=1S/C14H28N2O/c1-14(2,3)13(15)12(9-17)16(11-6-7-11)8-10-4-5-10/h10-13,17H,4-9,15H2,1-3H3. The molecule has 2 aliphatic carbocycles. The number of hydrogen-bond donors (Lipinski definition) is 2. The maximum absolute atomic E-state index is 9.72. The summed E-state index contributed by atoms with van der Waals surface area (Å²) < 4.78 is 0. The Bertz CT molecular complexity index is 253. The molecule has 17 heavy (non-hydrogen) atoms. The van der Waals surface area contributed by atoms with Gasteiger partial charge in [-0.3, -0.25) is 4.90 Å². The molecular formula is C14H28N2O. The van der Waals surface area contributed by atoms with Crippen molar-refractivity contribution in [3.63, 3.8) is 0 Å². The summed E-state index contributed by atoms with van der Waals surface area (Å²) in [5.41, 5.74) is 6.43. The van der Waals surface area contributed by atoms with Crippen molar-refractivity contribution < 1.29 is 5.11 Å². The minimum atomic E-state index is 0.0480. The second kappa shape index (κ2) is 4.87. The van der Waals surface area contributed by atoms with E-state index in [0.717, 1.165) is 12.5 Å². The van der Waals surface area contributed by atoms with Crippen molar-refractivity contribution in [1.82, 2.24) is 4.90 Å². The van der Waals surface area contributed by atoms with Gasteiger partial charge in [-0.1, -0.05) is 20.8 Å². The summed E-state index contributed by atoms with van der Waals surface area (Å²) in [6.45, 7) is 7.86. The first-order valence-electron chi connectivity index (χ1n) is 7.05. The van der Waals surface area contributed by atoms with Gasteiger partial charge in [0.1, 0.15) is 0 Å². The maximum atomic E-state index is 9.72. The first-order chi connectivity index (χ1) is 7.93. The Morgan fingerprint density at radius 1 is 1.24 bits per heavy atom. The van der Waals surface area contributed by atoms with Gasteiger partial charge in [0, 0.05) is 24.7 Å². The Morgan fingerprint density at radius 2 is 1.82 bits per heavy atom. The van der Waals surface area contributed by atoms with Crippen molar-refractivity contribution in [1.29, 1.82) is 0 Å². The number of aliphatic hydroxyl groups excluding tert-OH is 1. The van der Waals surface area contributed by atoms with Gasteiger partial charge in [-0.25, -0.2) is 0 Å². The lowest BCUT2D eigenvalue weighted by atomic mass is 9.82. The lowest BCUT2D eigenvalue weighted by Crippen LogP contribution is -2.56. The van der Waals surface area contributed by atoms with Gasteiger partial charge in [-0.15, -0.1) is 0 Å². The van der Waals surface area contributed by atoms with Crippen LogP contribution in [0.4, 0.5) is 0 Å². The van der Waals surface area contributed by atoms with E-state index in [1.807, 2.05) is 0 Å². The lowest BCUT2D eigenvalue weighted by molar-refractivity contribution is 0.0615. The molecule has 0 aliphatic heterocycles. The number of rotatable bonds is 6. The van der Waals surface area contributed by atoms with Gasteiger partial charge in [0.2, 0.25) is 0 Å². The van der Waals surface area contributed by atoms with E-state index < -0.39 is 0 Å². The Kier molecular flexibility index (Phi) is 3.81. The van der Waals surface area contributed by atoms with Crippen molar-refractivity contribution in [3.05, 3.63) is 0 Å². The van der Waals surface area contributed by atoms with E-state index in [0.29, 0.717) is 6.04 Å². The summed E-state index contributed by atoms with van der Waals surface area (Å²) in [6.07, 6.45) is 5.32. The van der Waals surface area contributed by atoms with Gasteiger partial charge in [-0.05, 0) is 37.0 Å². The van der Waals surface area contributed by atoms with Gasteiger partial charge in [0.05, 0.1) is 6.61 Å². The Morgan fingerprint density at radius 3 is 2.18 bits per heavy atom. The van der Waals surface area contributed by atoms with Gasteiger partial charge in [0.15, 0.2) is 0 Å². The molecule has 0 radical (unpaired) electrons. The zero-order valence-electron chi connectivity index (χ0n) is 11.5. The zero-order chi connectivity index (χ0) is 12.6. The van der Waals surface area contributed by atoms with E-state index in [9.17, 15) is 5.11 Å². The third kappa shape index (κ3) is 3.43. The van der Waals surface area contributed by atoms with Crippen molar-refractivity contribution in [2.45, 2.75) is 64.6 Å². The van der Waals surface area contributed by atoms with Crippen molar-refractivity contribution in [2.24, 2.45) is 17.1 Å². The van der Waals surface area contributed by atoms with Crippen LogP contribution in [0.5, 0.6) is 0 Å². The van der Waals surface area contributed by atoms with Crippen LogP contribution in [0.1, 0.15) is 46.5 Å². The molecule has 3 heteroatoms. The fourth-order valence-corrected chi connectivity index (χ4v) is 2.56. The summed E-state index contributed by atoms with van der Waals surface area (Å²) >= 11 is 0. The molecule has 2 aliphatic rings. The average molecular weight is 240 g/mol. The van der Waals surface area contributed by atoms with E-state index >= 15 is 0 Å². The topological polar surface area (TPSA) is 49.5 Å². The molecule has 2 fully saturated rings. The molecule has 0 amide bonds. The number of aliphatic hydroxyl groups is 1. The normalized spacial score (nSPS) is 25.1. The molecule has 2 saturated carbocycles. The van der Waals surface area contributed by atoms with Gasteiger partial charge in [-0.2, -0.15) is 0 Å². The summed E-state index contributed by atoms with van der Waals surface area (Å²) in [5, 5.41) is 9.72. The molecule has 0 heterocycles. The van der Waals surface area contributed by atoms with Crippen molar-refractivity contribution in [3.8, 4) is 0 Å². The third-order valence-electron chi connectivity index (χ3n) is 4.21. The molecule has 2 unspecified atom stereocenters. The predicted molar refractivity (Wildman–Crippen MR) is 70.8 cm³/mol. The molecule has 100 valence electrons. The van der Waals surface area contributed by atoms with Gasteiger partial charge in [0.25, 0.3) is 0 Å². The van der Waals surface area contributed by atoms with Gasteiger partial charge < -0.3 is 10.8 Å². The molecule has 0 aromatic rings. The molecule has 0 bridgehead atoms. The zero-order valence-corrected chi connectivity index (χ0v) is 11.5. The summed E-state index contributed by atoms with van der Waals surface area (Å²) in [6, 6.07) is 0.885. The van der Waals surface area contributed by atoms with Crippen molar-refractivity contribution in [2.75, 3.05) is 13.2 Å². The SMILES string of the molecule is CC(C)(C)C(N)C(CO)N(CC1CC1)C1CC1. The van der Waals surface area contributed by atoms with Crippen LogP contribution < -0.4 is 5.73 Å². The van der Waals surface area contributed by atoms with Gasteiger partial charge >= 0.3 is 0 Å². The molecular weight excluding hydrogens is 212 g/mol. The minimum absolute atomic E-state index is 0.0480. The quantitative estimate of drug-likeness (QED) is 0.741. The average Bonchev–Trinajstić information content (AvgIpc) is 3.10. The summed E-state index contributed by atoms with van der Waals surface area (Å²) in [7, 11) is 0. The number of nitrogens with two attached hydrogens (primary N) is 1. The Balaban J connectivity index is 2.01. The molecule has 0 saturated heterocycles. The van der Waals surface area contributed by atoms with E-state index in [1.54, 1.807) is 0 Å². The highest BCUT2D eigenvalue weighted by Crippen LogP contribution is 2.37. The lowest BCUT2D eigenvalue weighted by Gasteiger charge is -2.40. The second-order valence-corrected chi connectivity index (χ2v) is 7.01. The smallest absolute Gasteiger partial charge is 0.0602 e. The largest absolute Gasteiger partial charge is 0.395 e. The summed E-state index contributed by atoms with van der Waals surface area (Å²) in [4.78, 5) is 2.51. The Labute approximate surface area is 105 Å². The van der Waals surface area contributed by atoms with Crippen LogP contribution >= 0.6 is 0 Å². The molecule has 0 spiro atoms. The molecule has 2 rings (SSSR count). The monoisotopic (exact) mass is 240 g/mol. The third-order valence-corrected chi connectivity index (χ3v) is 4.21. The molecule has 0 aromatic heterocycles. The minimum Gasteiger partial charge on any atom is -0.395 e. The fraction of sp³-hybridized carbons (Fsp3) is 1.00. The van der Waals surface area contributed by atoms with Crippen LogP contribution in [0.15, 0.2) is 0 Å². The first kappa shape index (κ1) is 13.3. The highest BCUT2D eigenvalue weighted by atomic mass is 16.3. The Hall–Kier alpha value is -0.120. The van der Waals surface area contributed by atoms with Crippen LogP contribution in [0.3, 0.4) is 0 Å². The fourth-order valence-electron chi connectivity index (χ4n) is 2.56. The van der Waals surface area contributed by atoms with Crippen LogP contribution in [0, 0.1) is 11.3 Å². The van der Waals surface area contributed by atoms with E-state index in [4.69, 9.17) is 5.73 Å². The highest BCUT2D eigenvalue weighted by Gasteiger charge is 2.41. The number of nitrogens with zero attached hydrogens (tertiary/aromatic N) is 1. The first-order valence-corrected chi connectivity index (χ1v) is 7.05. The second-order valence-electron chi connectivity index (χ2n) is 7.01. The van der Waals surface area contributed by atoms with E-state index in [-0.39, 0.29) is 24.1 Å². The molecule has 2 atom stereocenters. The van der Waals surface area contributed by atoms with Crippen LogP contribution in [0.25, 0.3) is 0 Å². The van der Waals surface area contributed by atoms with Crippen LogP contribution in [-0.2, 0) is 0 Å². The maximum Gasteiger partial charge on any atom is 0.0602 e. The highest BCUT2D eigenvalue weighted by molar-refractivity contribution is 4.97. The molecule has 0 aromatic carbocycles. The number of hydrogen-bond acceptors (Lipinski definition) is 3. The molecule has 3 nitrogen and oxygen atoms in total. The predicted octanol–water partition coefficient (Wildman–Crippen LogP) is 1.60. The van der Waals surface area contributed by atoms with Crippen LogP contribution in [-0.4, -0.2) is 41.3 Å². The summed E-state index contributed by atoms with van der Waals surface area (Å²) in [5.74, 6) is 0.872.